The minimum Gasteiger partial charge on any atom is -0.494 e. The van der Waals surface area contributed by atoms with E-state index in [1.54, 1.807) is 24.3 Å². The van der Waals surface area contributed by atoms with Crippen molar-refractivity contribution < 1.29 is 24.0 Å². The molecule has 1 amide bonds. The number of nitro groups is 1. The molecule has 0 radical (unpaired) electrons. The molecule has 0 fully saturated rings. The van der Waals surface area contributed by atoms with Crippen LogP contribution in [0.1, 0.15) is 29.8 Å². The van der Waals surface area contributed by atoms with E-state index in [4.69, 9.17) is 9.47 Å². The van der Waals surface area contributed by atoms with Crippen molar-refractivity contribution in [1.82, 2.24) is 0 Å². The number of benzene rings is 2. The summed E-state index contributed by atoms with van der Waals surface area (Å²) in [6, 6.07) is 10.7. The summed E-state index contributed by atoms with van der Waals surface area (Å²) >= 11 is 0. The van der Waals surface area contributed by atoms with Gasteiger partial charge >= 0.3 is 5.97 Å². The first-order chi connectivity index (χ1) is 12.8. The fourth-order valence-corrected chi connectivity index (χ4v) is 2.31. The molecule has 8 nitrogen and oxygen atoms in total. The van der Waals surface area contributed by atoms with E-state index in [1.807, 2.05) is 6.92 Å². The zero-order valence-electron chi connectivity index (χ0n) is 15.2. The van der Waals surface area contributed by atoms with Gasteiger partial charge < -0.3 is 14.8 Å². The first-order valence-electron chi connectivity index (χ1n) is 8.31. The SMILES string of the molecule is CCOc1ccc(NC(=O)[C@@H](C)OC(=O)c2ccc([N+](=O)[O-])c(C)c2)cc1. The molecule has 0 heterocycles. The van der Waals surface area contributed by atoms with Crippen LogP contribution in [0.5, 0.6) is 5.75 Å². The van der Waals surface area contributed by atoms with Gasteiger partial charge in [-0.25, -0.2) is 4.79 Å². The Hall–Kier alpha value is -3.42. The molecule has 2 aromatic carbocycles. The average molecular weight is 372 g/mol. The Balaban J connectivity index is 1.98. The molecule has 0 bridgehead atoms. The van der Waals surface area contributed by atoms with Crippen molar-refractivity contribution in [2.45, 2.75) is 26.9 Å². The maximum Gasteiger partial charge on any atom is 0.338 e. The van der Waals surface area contributed by atoms with Crippen LogP contribution in [-0.4, -0.2) is 29.5 Å². The highest BCUT2D eigenvalue weighted by Gasteiger charge is 2.21. The minimum atomic E-state index is -1.04. The molecule has 0 spiro atoms. The van der Waals surface area contributed by atoms with Crippen LogP contribution < -0.4 is 10.1 Å². The lowest BCUT2D eigenvalue weighted by atomic mass is 10.1. The monoisotopic (exact) mass is 372 g/mol. The van der Waals surface area contributed by atoms with Gasteiger partial charge in [-0.1, -0.05) is 0 Å². The summed E-state index contributed by atoms with van der Waals surface area (Å²) in [4.78, 5) is 34.7. The number of anilines is 1. The van der Waals surface area contributed by atoms with E-state index >= 15 is 0 Å². The molecular formula is C19H20N2O6. The highest BCUT2D eigenvalue weighted by Crippen LogP contribution is 2.20. The Morgan fingerprint density at radius 3 is 2.41 bits per heavy atom. The van der Waals surface area contributed by atoms with Crippen molar-refractivity contribution in [2.75, 3.05) is 11.9 Å². The lowest BCUT2D eigenvalue weighted by molar-refractivity contribution is -0.385. The number of nitro benzene ring substituents is 1. The second kappa shape index (κ2) is 8.79. The number of aryl methyl sites for hydroxylation is 1. The van der Waals surface area contributed by atoms with E-state index < -0.39 is 22.9 Å². The standard InChI is InChI=1S/C19H20N2O6/c1-4-26-16-8-6-15(7-9-16)20-18(22)13(3)27-19(23)14-5-10-17(21(24)25)12(2)11-14/h5-11,13H,4H2,1-3H3,(H,20,22)/t13-/m1/s1. The highest BCUT2D eigenvalue weighted by atomic mass is 16.6. The second-order valence-corrected chi connectivity index (χ2v) is 5.75. The molecule has 0 aliphatic carbocycles. The summed E-state index contributed by atoms with van der Waals surface area (Å²) < 4.78 is 10.5. The zero-order valence-corrected chi connectivity index (χ0v) is 15.2. The Labute approximate surface area is 156 Å². The van der Waals surface area contributed by atoms with Crippen molar-refractivity contribution in [3.8, 4) is 5.75 Å². The van der Waals surface area contributed by atoms with Crippen LogP contribution in [0.25, 0.3) is 0 Å². The maximum absolute atomic E-state index is 12.2. The van der Waals surface area contributed by atoms with E-state index in [0.717, 1.165) is 0 Å². The molecule has 0 aliphatic heterocycles. The van der Waals surface area contributed by atoms with E-state index in [-0.39, 0.29) is 11.3 Å². The Bertz CT molecular complexity index is 848. The van der Waals surface area contributed by atoms with Crippen LogP contribution in [0.4, 0.5) is 11.4 Å². The molecule has 0 unspecified atom stereocenters. The predicted octanol–water partition coefficient (Wildman–Crippen LogP) is 3.49. The van der Waals surface area contributed by atoms with Crippen LogP contribution in [-0.2, 0) is 9.53 Å². The van der Waals surface area contributed by atoms with Gasteiger partial charge in [0.05, 0.1) is 17.1 Å². The van der Waals surface area contributed by atoms with Crippen LogP contribution >= 0.6 is 0 Å². The summed E-state index contributed by atoms with van der Waals surface area (Å²) in [5, 5.41) is 13.5. The number of carbonyl (C=O) groups is 2. The van der Waals surface area contributed by atoms with E-state index in [2.05, 4.69) is 5.32 Å². The van der Waals surface area contributed by atoms with Crippen molar-refractivity contribution in [3.63, 3.8) is 0 Å². The van der Waals surface area contributed by atoms with Gasteiger partial charge in [0, 0.05) is 17.3 Å². The summed E-state index contributed by atoms with van der Waals surface area (Å²) in [6.07, 6.45) is -1.04. The molecule has 2 rings (SSSR count). The number of nitrogens with one attached hydrogen (secondary N) is 1. The van der Waals surface area contributed by atoms with Crippen molar-refractivity contribution in [3.05, 3.63) is 63.7 Å². The number of carbonyl (C=O) groups excluding carboxylic acids is 2. The highest BCUT2D eigenvalue weighted by molar-refractivity contribution is 5.97. The summed E-state index contributed by atoms with van der Waals surface area (Å²) in [6.45, 7) is 5.38. The molecule has 0 saturated heterocycles. The first kappa shape index (κ1) is 19.9. The summed E-state index contributed by atoms with van der Waals surface area (Å²) in [5.74, 6) is -0.544. The molecule has 0 saturated carbocycles. The van der Waals surface area contributed by atoms with Gasteiger partial charge in [0.25, 0.3) is 11.6 Å². The van der Waals surface area contributed by atoms with Gasteiger partial charge in [0.2, 0.25) is 0 Å². The van der Waals surface area contributed by atoms with Crippen LogP contribution in [0.15, 0.2) is 42.5 Å². The lowest BCUT2D eigenvalue weighted by Gasteiger charge is -2.14. The molecule has 0 aromatic heterocycles. The van der Waals surface area contributed by atoms with Crippen molar-refractivity contribution in [1.29, 1.82) is 0 Å². The number of rotatable bonds is 7. The van der Waals surface area contributed by atoms with E-state index in [1.165, 1.54) is 32.0 Å². The number of ether oxygens (including phenoxy) is 2. The largest absolute Gasteiger partial charge is 0.494 e. The summed E-state index contributed by atoms with van der Waals surface area (Å²) in [5.41, 5.74) is 0.921. The van der Waals surface area contributed by atoms with Gasteiger partial charge in [0.15, 0.2) is 6.10 Å². The second-order valence-electron chi connectivity index (χ2n) is 5.75. The molecule has 8 heteroatoms. The number of hydrogen-bond donors (Lipinski definition) is 1. The molecule has 142 valence electrons. The predicted molar refractivity (Wildman–Crippen MR) is 99.0 cm³/mol. The van der Waals surface area contributed by atoms with Gasteiger partial charge in [-0.3, -0.25) is 14.9 Å². The Morgan fingerprint density at radius 2 is 1.85 bits per heavy atom. The maximum atomic E-state index is 12.2. The van der Waals surface area contributed by atoms with Crippen LogP contribution in [0.2, 0.25) is 0 Å². The van der Waals surface area contributed by atoms with Gasteiger partial charge in [-0.05, 0) is 57.2 Å². The quantitative estimate of drug-likeness (QED) is 0.453. The van der Waals surface area contributed by atoms with Crippen molar-refractivity contribution in [2.24, 2.45) is 0 Å². The van der Waals surface area contributed by atoms with Gasteiger partial charge in [-0.2, -0.15) is 0 Å². The number of hydrogen-bond acceptors (Lipinski definition) is 6. The zero-order chi connectivity index (χ0) is 20.0. The van der Waals surface area contributed by atoms with E-state index in [0.29, 0.717) is 23.6 Å². The van der Waals surface area contributed by atoms with E-state index in [9.17, 15) is 19.7 Å². The third kappa shape index (κ3) is 5.27. The molecule has 27 heavy (non-hydrogen) atoms. The number of esters is 1. The number of nitrogens with zero attached hydrogens (tertiary/aromatic N) is 1. The molecule has 2 aromatic rings. The molecular weight excluding hydrogens is 352 g/mol. The van der Waals surface area contributed by atoms with Gasteiger partial charge in [0.1, 0.15) is 5.75 Å². The molecule has 1 atom stereocenters. The fourth-order valence-electron chi connectivity index (χ4n) is 2.31. The Morgan fingerprint density at radius 1 is 1.19 bits per heavy atom. The smallest absolute Gasteiger partial charge is 0.338 e. The third-order valence-corrected chi connectivity index (χ3v) is 3.72. The van der Waals surface area contributed by atoms with Crippen LogP contribution in [0.3, 0.4) is 0 Å². The van der Waals surface area contributed by atoms with Crippen LogP contribution in [0, 0.1) is 17.0 Å². The first-order valence-corrected chi connectivity index (χ1v) is 8.31. The van der Waals surface area contributed by atoms with Crippen molar-refractivity contribution >= 4 is 23.3 Å². The summed E-state index contributed by atoms with van der Waals surface area (Å²) in [7, 11) is 0. The Kier molecular flexibility index (Phi) is 6.48. The normalized spacial score (nSPS) is 11.4. The molecule has 0 aliphatic rings. The number of amides is 1. The third-order valence-electron chi connectivity index (χ3n) is 3.72. The topological polar surface area (TPSA) is 108 Å². The average Bonchev–Trinajstić information content (AvgIpc) is 2.63. The lowest BCUT2D eigenvalue weighted by Crippen LogP contribution is -2.30. The fraction of sp³-hybridized carbons (Fsp3) is 0.263. The van der Waals surface area contributed by atoms with Gasteiger partial charge in [-0.15, -0.1) is 0 Å². The molecule has 1 N–H and O–H groups in total. The minimum absolute atomic E-state index is 0.0900.